The molecule has 0 radical (unpaired) electrons. The molecule has 1 heterocycles. The van der Waals surface area contributed by atoms with Crippen LogP contribution < -0.4 is 10.1 Å². The predicted octanol–water partition coefficient (Wildman–Crippen LogP) is 2.56. The second-order valence-corrected chi connectivity index (χ2v) is 4.36. The van der Waals surface area contributed by atoms with Crippen LogP contribution in [0.25, 0.3) is 0 Å². The number of amides is 1. The Kier molecular flexibility index (Phi) is 4.86. The maximum atomic E-state index is 12.0. The summed E-state index contributed by atoms with van der Waals surface area (Å²) in [5.41, 5.74) is 1.53. The van der Waals surface area contributed by atoms with Gasteiger partial charge in [0.2, 0.25) is 5.76 Å². The Labute approximate surface area is 119 Å². The second kappa shape index (κ2) is 6.83. The largest absolute Gasteiger partial charge is 0.435 e. The van der Waals surface area contributed by atoms with E-state index in [9.17, 15) is 13.6 Å². The summed E-state index contributed by atoms with van der Waals surface area (Å²) in [6, 6.07) is 7.81. The maximum Gasteiger partial charge on any atom is 0.387 e. The first-order valence-corrected chi connectivity index (χ1v) is 6.30. The van der Waals surface area contributed by atoms with Gasteiger partial charge in [-0.25, -0.2) is 0 Å². The Morgan fingerprint density at radius 3 is 2.67 bits per heavy atom. The summed E-state index contributed by atoms with van der Waals surface area (Å²) in [5.74, 6) is -0.0728. The van der Waals surface area contributed by atoms with Crippen molar-refractivity contribution in [3.8, 4) is 5.75 Å². The number of ether oxygens (including phenoxy) is 1. The summed E-state index contributed by atoms with van der Waals surface area (Å²) >= 11 is 0. The number of halogens is 2. The van der Waals surface area contributed by atoms with Crippen molar-refractivity contribution in [2.45, 2.75) is 20.0 Å². The van der Waals surface area contributed by atoms with Gasteiger partial charge in [0.25, 0.3) is 5.91 Å². The first-order valence-electron chi connectivity index (χ1n) is 6.30. The molecule has 0 fully saturated rings. The van der Waals surface area contributed by atoms with Crippen LogP contribution in [-0.4, -0.2) is 24.2 Å². The van der Waals surface area contributed by atoms with E-state index >= 15 is 0 Å². The normalized spacial score (nSPS) is 10.7. The average Bonchev–Trinajstić information content (AvgIpc) is 2.87. The maximum absolute atomic E-state index is 12.0. The van der Waals surface area contributed by atoms with Gasteiger partial charge in [0, 0.05) is 12.6 Å². The van der Waals surface area contributed by atoms with E-state index in [0.29, 0.717) is 18.7 Å². The molecular weight excluding hydrogens is 282 g/mol. The van der Waals surface area contributed by atoms with Gasteiger partial charge in [0.1, 0.15) is 5.75 Å². The minimum absolute atomic E-state index is 0.106. The number of alkyl halides is 2. The molecule has 112 valence electrons. The van der Waals surface area contributed by atoms with Crippen LogP contribution in [0, 0.1) is 6.92 Å². The number of carbonyl (C=O) groups excluding carboxylic acids is 1. The zero-order valence-corrected chi connectivity index (χ0v) is 11.3. The van der Waals surface area contributed by atoms with Gasteiger partial charge in [-0.2, -0.15) is 8.78 Å². The van der Waals surface area contributed by atoms with Crippen molar-refractivity contribution in [2.75, 3.05) is 6.54 Å². The highest BCUT2D eigenvalue weighted by atomic mass is 19.3. The third-order valence-electron chi connectivity index (χ3n) is 2.70. The van der Waals surface area contributed by atoms with Gasteiger partial charge < -0.3 is 14.6 Å². The summed E-state index contributed by atoms with van der Waals surface area (Å²) in [5, 5.41) is 6.31. The smallest absolute Gasteiger partial charge is 0.387 e. The van der Waals surface area contributed by atoms with Crippen molar-refractivity contribution < 1.29 is 22.8 Å². The fraction of sp³-hybridized carbons (Fsp3) is 0.286. The minimum atomic E-state index is -2.83. The molecule has 0 bridgehead atoms. The Hall–Kier alpha value is -2.44. The Balaban J connectivity index is 1.79. The molecule has 0 spiro atoms. The van der Waals surface area contributed by atoms with E-state index in [1.807, 2.05) is 0 Å². The van der Waals surface area contributed by atoms with Crippen LogP contribution in [0.2, 0.25) is 0 Å². The standard InChI is InChI=1S/C14H14F2N2O3/c1-9-8-12(21-18-9)13(19)17-7-6-10-2-4-11(5-3-10)20-14(15)16/h2-5,8,14H,6-7H2,1H3,(H,17,19). The SMILES string of the molecule is Cc1cc(C(=O)NCCc2ccc(OC(F)F)cc2)on1. The lowest BCUT2D eigenvalue weighted by Crippen LogP contribution is -2.25. The van der Waals surface area contributed by atoms with Crippen LogP contribution in [0.4, 0.5) is 8.78 Å². The predicted molar refractivity (Wildman–Crippen MR) is 70.4 cm³/mol. The number of carbonyl (C=O) groups is 1. The summed E-state index contributed by atoms with van der Waals surface area (Å²) in [6.45, 7) is -0.711. The molecule has 1 aromatic carbocycles. The minimum Gasteiger partial charge on any atom is -0.435 e. The summed E-state index contributed by atoms with van der Waals surface area (Å²) in [4.78, 5) is 11.7. The van der Waals surface area contributed by atoms with E-state index in [2.05, 4.69) is 15.2 Å². The average molecular weight is 296 g/mol. The molecule has 1 N–H and O–H groups in total. The molecule has 7 heteroatoms. The highest BCUT2D eigenvalue weighted by molar-refractivity contribution is 5.91. The van der Waals surface area contributed by atoms with E-state index in [1.54, 1.807) is 25.1 Å². The van der Waals surface area contributed by atoms with Gasteiger partial charge in [0.05, 0.1) is 5.69 Å². The molecular formula is C14H14F2N2O3. The van der Waals surface area contributed by atoms with Crippen LogP contribution >= 0.6 is 0 Å². The Bertz CT molecular complexity index is 597. The summed E-state index contributed by atoms with van der Waals surface area (Å²) in [6.07, 6.45) is 0.563. The first kappa shape index (κ1) is 15.0. The molecule has 0 saturated carbocycles. The number of benzene rings is 1. The van der Waals surface area contributed by atoms with Crippen molar-refractivity contribution in [1.82, 2.24) is 10.5 Å². The molecule has 0 aliphatic rings. The molecule has 0 atom stereocenters. The van der Waals surface area contributed by atoms with Crippen molar-refractivity contribution in [1.29, 1.82) is 0 Å². The van der Waals surface area contributed by atoms with Crippen LogP contribution in [0.5, 0.6) is 5.75 Å². The Morgan fingerprint density at radius 2 is 2.10 bits per heavy atom. The van der Waals surface area contributed by atoms with E-state index in [1.165, 1.54) is 12.1 Å². The highest BCUT2D eigenvalue weighted by Gasteiger charge is 2.10. The lowest BCUT2D eigenvalue weighted by Gasteiger charge is -2.06. The number of rotatable bonds is 6. The first-order chi connectivity index (χ1) is 10.0. The Morgan fingerprint density at radius 1 is 1.38 bits per heavy atom. The summed E-state index contributed by atoms with van der Waals surface area (Å²) < 4.78 is 33.1. The van der Waals surface area contributed by atoms with E-state index in [4.69, 9.17) is 4.52 Å². The number of aromatic nitrogens is 1. The third kappa shape index (κ3) is 4.55. The molecule has 0 aliphatic carbocycles. The van der Waals surface area contributed by atoms with Gasteiger partial charge >= 0.3 is 6.61 Å². The molecule has 2 rings (SSSR count). The molecule has 0 saturated heterocycles. The van der Waals surface area contributed by atoms with Gasteiger partial charge in [-0.3, -0.25) is 4.79 Å². The van der Waals surface area contributed by atoms with Crippen molar-refractivity contribution in [3.63, 3.8) is 0 Å². The van der Waals surface area contributed by atoms with Crippen LogP contribution in [0.3, 0.4) is 0 Å². The molecule has 1 aromatic heterocycles. The van der Waals surface area contributed by atoms with Crippen molar-refractivity contribution in [3.05, 3.63) is 47.3 Å². The topological polar surface area (TPSA) is 64.4 Å². The molecule has 21 heavy (non-hydrogen) atoms. The lowest BCUT2D eigenvalue weighted by atomic mass is 10.1. The number of nitrogens with zero attached hydrogens (tertiary/aromatic N) is 1. The fourth-order valence-electron chi connectivity index (χ4n) is 1.72. The molecule has 2 aromatic rings. The zero-order chi connectivity index (χ0) is 15.2. The van der Waals surface area contributed by atoms with E-state index < -0.39 is 6.61 Å². The van der Waals surface area contributed by atoms with Crippen LogP contribution in [0.1, 0.15) is 21.8 Å². The number of nitrogens with one attached hydrogen (secondary N) is 1. The highest BCUT2D eigenvalue weighted by Crippen LogP contribution is 2.15. The molecule has 1 amide bonds. The quantitative estimate of drug-likeness (QED) is 0.889. The lowest BCUT2D eigenvalue weighted by molar-refractivity contribution is -0.0498. The monoisotopic (exact) mass is 296 g/mol. The second-order valence-electron chi connectivity index (χ2n) is 4.36. The third-order valence-corrected chi connectivity index (χ3v) is 2.70. The number of hydrogen-bond acceptors (Lipinski definition) is 4. The van der Waals surface area contributed by atoms with Gasteiger partial charge in [-0.05, 0) is 31.0 Å². The fourth-order valence-corrected chi connectivity index (χ4v) is 1.72. The summed E-state index contributed by atoms with van der Waals surface area (Å²) in [7, 11) is 0. The number of hydrogen-bond donors (Lipinski definition) is 1. The van der Waals surface area contributed by atoms with E-state index in [0.717, 1.165) is 5.56 Å². The number of aryl methyl sites for hydroxylation is 1. The van der Waals surface area contributed by atoms with Crippen molar-refractivity contribution in [2.24, 2.45) is 0 Å². The van der Waals surface area contributed by atoms with Crippen LogP contribution in [0.15, 0.2) is 34.9 Å². The zero-order valence-electron chi connectivity index (χ0n) is 11.3. The van der Waals surface area contributed by atoms with Crippen molar-refractivity contribution >= 4 is 5.91 Å². The van der Waals surface area contributed by atoms with Gasteiger partial charge in [-0.15, -0.1) is 0 Å². The van der Waals surface area contributed by atoms with E-state index in [-0.39, 0.29) is 17.4 Å². The molecule has 0 aliphatic heterocycles. The van der Waals surface area contributed by atoms with Crippen LogP contribution in [-0.2, 0) is 6.42 Å². The van der Waals surface area contributed by atoms with Gasteiger partial charge in [-0.1, -0.05) is 17.3 Å². The molecule has 5 nitrogen and oxygen atoms in total. The molecule has 0 unspecified atom stereocenters. The van der Waals surface area contributed by atoms with Gasteiger partial charge in [0.15, 0.2) is 0 Å².